The summed E-state index contributed by atoms with van der Waals surface area (Å²) in [7, 11) is 0. The minimum absolute atomic E-state index is 0.0228. The van der Waals surface area contributed by atoms with Gasteiger partial charge in [0.25, 0.3) is 5.91 Å². The second-order valence-corrected chi connectivity index (χ2v) is 9.22. The van der Waals surface area contributed by atoms with E-state index < -0.39 is 17.5 Å². The van der Waals surface area contributed by atoms with Gasteiger partial charge in [0.1, 0.15) is 6.61 Å². The van der Waals surface area contributed by atoms with Gasteiger partial charge in [0, 0.05) is 23.7 Å². The lowest BCUT2D eigenvalue weighted by Gasteiger charge is -2.18. The maximum absolute atomic E-state index is 12.4. The average Bonchev–Trinajstić information content (AvgIpc) is 3.16. The van der Waals surface area contributed by atoms with Crippen molar-refractivity contribution in [3.8, 4) is 11.1 Å². The molecule has 0 spiro atoms. The van der Waals surface area contributed by atoms with Crippen LogP contribution in [0.4, 0.5) is 10.5 Å². The molecule has 0 bridgehead atoms. The smallest absolute Gasteiger partial charge is 0.411 e. The van der Waals surface area contributed by atoms with E-state index in [1.807, 2.05) is 24.3 Å². The Balaban J connectivity index is 1.30. The molecule has 0 atom stereocenters. The highest BCUT2D eigenvalue weighted by Crippen LogP contribution is 2.44. The first-order chi connectivity index (χ1) is 16.8. The number of nitrogens with one attached hydrogen (secondary N) is 2. The van der Waals surface area contributed by atoms with Crippen molar-refractivity contribution in [1.29, 1.82) is 0 Å². The molecule has 0 radical (unpaired) electrons. The minimum atomic E-state index is -0.913. The van der Waals surface area contributed by atoms with Gasteiger partial charge in [-0.05, 0) is 66.8 Å². The molecule has 0 unspecified atom stereocenters. The first-order valence-corrected chi connectivity index (χ1v) is 11.5. The zero-order chi connectivity index (χ0) is 25.0. The molecular formula is C28H28N2O5. The van der Waals surface area contributed by atoms with Crippen LogP contribution in [-0.2, 0) is 9.53 Å². The first kappa shape index (κ1) is 24.0. The van der Waals surface area contributed by atoms with Crippen molar-refractivity contribution in [2.75, 3.05) is 18.5 Å². The molecule has 3 aromatic carbocycles. The van der Waals surface area contributed by atoms with Gasteiger partial charge < -0.3 is 15.2 Å². The fourth-order valence-electron chi connectivity index (χ4n) is 4.15. The Bertz CT molecular complexity index is 1200. The number of carboxylic acids is 1. The molecule has 0 aromatic heterocycles. The molecule has 7 heteroatoms. The van der Waals surface area contributed by atoms with E-state index in [-0.39, 0.29) is 25.0 Å². The van der Waals surface area contributed by atoms with Crippen LogP contribution in [-0.4, -0.2) is 36.2 Å². The lowest BCUT2D eigenvalue weighted by Crippen LogP contribution is -2.31. The predicted molar refractivity (Wildman–Crippen MR) is 134 cm³/mol. The molecule has 3 aromatic rings. The summed E-state index contributed by atoms with van der Waals surface area (Å²) in [5.41, 5.74) is 4.62. The van der Waals surface area contributed by atoms with Crippen LogP contribution in [0.3, 0.4) is 0 Å². The van der Waals surface area contributed by atoms with Crippen molar-refractivity contribution in [2.45, 2.75) is 26.2 Å². The molecule has 2 amide bonds. The number of carboxylic acid groups (broad SMARTS) is 1. The topological polar surface area (TPSA) is 105 Å². The molecule has 0 aliphatic heterocycles. The van der Waals surface area contributed by atoms with E-state index in [9.17, 15) is 14.4 Å². The molecule has 0 saturated heterocycles. The number of hydrogen-bond donors (Lipinski definition) is 3. The van der Waals surface area contributed by atoms with E-state index >= 15 is 0 Å². The van der Waals surface area contributed by atoms with Crippen LogP contribution >= 0.6 is 0 Å². The van der Waals surface area contributed by atoms with Gasteiger partial charge in [-0.2, -0.15) is 0 Å². The molecule has 0 saturated carbocycles. The third kappa shape index (κ3) is 5.35. The summed E-state index contributed by atoms with van der Waals surface area (Å²) in [6.07, 6.45) is -0.254. The Hall–Kier alpha value is -4.13. The number of benzene rings is 3. The average molecular weight is 473 g/mol. The second-order valence-electron chi connectivity index (χ2n) is 9.22. The molecular weight excluding hydrogens is 444 g/mol. The molecule has 3 N–H and O–H groups in total. The van der Waals surface area contributed by atoms with Crippen LogP contribution in [0.15, 0.2) is 72.8 Å². The lowest BCUT2D eigenvalue weighted by atomic mass is 9.90. The molecule has 1 aliphatic carbocycles. The van der Waals surface area contributed by atoms with E-state index in [1.165, 1.54) is 0 Å². The number of anilines is 1. The van der Waals surface area contributed by atoms with Gasteiger partial charge >= 0.3 is 12.1 Å². The number of rotatable bonds is 8. The van der Waals surface area contributed by atoms with E-state index in [1.54, 1.807) is 38.1 Å². The van der Waals surface area contributed by atoms with Gasteiger partial charge in [-0.15, -0.1) is 0 Å². The van der Waals surface area contributed by atoms with Gasteiger partial charge in [-0.3, -0.25) is 14.9 Å². The highest BCUT2D eigenvalue weighted by molar-refractivity contribution is 5.95. The van der Waals surface area contributed by atoms with E-state index in [2.05, 4.69) is 34.9 Å². The van der Waals surface area contributed by atoms with Gasteiger partial charge in [0.05, 0.1) is 5.41 Å². The Kier molecular flexibility index (Phi) is 6.87. The van der Waals surface area contributed by atoms with Crippen molar-refractivity contribution >= 4 is 23.7 Å². The summed E-state index contributed by atoms with van der Waals surface area (Å²) in [6, 6.07) is 22.7. The van der Waals surface area contributed by atoms with Crippen LogP contribution < -0.4 is 10.6 Å². The summed E-state index contributed by atoms with van der Waals surface area (Å²) >= 11 is 0. The van der Waals surface area contributed by atoms with Crippen molar-refractivity contribution < 1.29 is 24.2 Å². The number of fused-ring (bicyclic) bond motifs is 3. The van der Waals surface area contributed by atoms with E-state index in [0.29, 0.717) is 17.7 Å². The fourth-order valence-corrected chi connectivity index (χ4v) is 4.15. The molecule has 4 rings (SSSR count). The van der Waals surface area contributed by atoms with Gasteiger partial charge in [-0.1, -0.05) is 48.5 Å². The van der Waals surface area contributed by atoms with Crippen molar-refractivity contribution in [3.63, 3.8) is 0 Å². The quantitative estimate of drug-likeness (QED) is 0.414. The molecule has 0 fully saturated rings. The molecule has 0 heterocycles. The summed E-state index contributed by atoms with van der Waals surface area (Å²) in [5, 5.41) is 14.6. The molecule has 180 valence electrons. The van der Waals surface area contributed by atoms with Crippen LogP contribution in [0.5, 0.6) is 0 Å². The van der Waals surface area contributed by atoms with Gasteiger partial charge in [-0.25, -0.2) is 4.79 Å². The molecule has 7 nitrogen and oxygen atoms in total. The Morgan fingerprint density at radius 2 is 1.46 bits per heavy atom. The third-order valence-electron chi connectivity index (χ3n) is 6.35. The first-order valence-electron chi connectivity index (χ1n) is 11.5. The van der Waals surface area contributed by atoms with Crippen molar-refractivity contribution in [2.24, 2.45) is 5.41 Å². The predicted octanol–water partition coefficient (Wildman–Crippen LogP) is 5.28. The highest BCUT2D eigenvalue weighted by Gasteiger charge is 2.29. The molecule has 35 heavy (non-hydrogen) atoms. The monoisotopic (exact) mass is 472 g/mol. The van der Waals surface area contributed by atoms with Gasteiger partial charge in [0.2, 0.25) is 0 Å². The SMILES string of the molecule is CC(C)(CCNC(=O)c1ccc(NC(=O)OCC2c3ccccc3-c3ccccc32)cc1)C(=O)O. The fraction of sp³-hybridized carbons (Fsp3) is 0.250. The van der Waals surface area contributed by atoms with Crippen LogP contribution in [0.25, 0.3) is 11.1 Å². The van der Waals surface area contributed by atoms with Gasteiger partial charge in [0.15, 0.2) is 0 Å². The Morgan fingerprint density at radius 1 is 0.886 bits per heavy atom. The zero-order valence-electron chi connectivity index (χ0n) is 19.7. The number of ether oxygens (including phenoxy) is 1. The van der Waals surface area contributed by atoms with E-state index in [4.69, 9.17) is 9.84 Å². The maximum Gasteiger partial charge on any atom is 0.411 e. The summed E-state index contributed by atoms with van der Waals surface area (Å²) in [6.45, 7) is 3.70. The van der Waals surface area contributed by atoms with Crippen molar-refractivity contribution in [3.05, 3.63) is 89.5 Å². The maximum atomic E-state index is 12.4. The zero-order valence-corrected chi connectivity index (χ0v) is 19.7. The van der Waals surface area contributed by atoms with Crippen LogP contribution in [0.1, 0.15) is 47.7 Å². The summed E-state index contributed by atoms with van der Waals surface area (Å²) in [4.78, 5) is 35.9. The Morgan fingerprint density at radius 3 is 2.03 bits per heavy atom. The number of carbonyl (C=O) groups is 3. The van der Waals surface area contributed by atoms with Crippen molar-refractivity contribution in [1.82, 2.24) is 5.32 Å². The van der Waals surface area contributed by atoms with E-state index in [0.717, 1.165) is 22.3 Å². The summed E-state index contributed by atoms with van der Waals surface area (Å²) < 4.78 is 5.55. The largest absolute Gasteiger partial charge is 0.481 e. The standard InChI is InChI=1S/C28H28N2O5/c1-28(2,26(32)33)15-16-29-25(31)18-11-13-19(14-12-18)30-27(34)35-17-24-22-9-5-3-7-20(22)21-8-4-6-10-23(21)24/h3-14,24H,15-17H2,1-2H3,(H,29,31)(H,30,34)(H,32,33). The minimum Gasteiger partial charge on any atom is -0.481 e. The van der Waals surface area contributed by atoms with Crippen LogP contribution in [0.2, 0.25) is 0 Å². The van der Waals surface area contributed by atoms with Crippen LogP contribution in [0, 0.1) is 5.41 Å². The number of hydrogen-bond acceptors (Lipinski definition) is 4. The Labute approximate surface area is 204 Å². The number of amides is 2. The lowest BCUT2D eigenvalue weighted by molar-refractivity contribution is -0.147. The third-order valence-corrected chi connectivity index (χ3v) is 6.35. The summed E-state index contributed by atoms with van der Waals surface area (Å²) in [5.74, 6) is -1.24. The molecule has 1 aliphatic rings. The normalized spacial score (nSPS) is 12.4. The number of carbonyl (C=O) groups excluding carboxylic acids is 2. The second kappa shape index (κ2) is 10.0. The number of aliphatic carboxylic acids is 1. The highest BCUT2D eigenvalue weighted by atomic mass is 16.5.